The van der Waals surface area contributed by atoms with E-state index in [0.29, 0.717) is 34.3 Å². The highest BCUT2D eigenvalue weighted by Gasteiger charge is 2.45. The molecule has 174 valence electrons. The Hall–Kier alpha value is -1.82. The lowest BCUT2D eigenvalue weighted by Crippen LogP contribution is -2.50. The van der Waals surface area contributed by atoms with Crippen molar-refractivity contribution in [1.82, 2.24) is 25.1 Å². The Labute approximate surface area is 197 Å². The molecule has 12 heteroatoms. The summed E-state index contributed by atoms with van der Waals surface area (Å²) >= 11 is 12.1. The zero-order chi connectivity index (χ0) is 23.5. The van der Waals surface area contributed by atoms with Crippen molar-refractivity contribution in [2.24, 2.45) is 11.8 Å². The van der Waals surface area contributed by atoms with Crippen LogP contribution in [-0.2, 0) is 14.8 Å². The molecular formula is C20H25Cl2N5O4S. The number of nitrogens with zero attached hydrogens (tertiary/aromatic N) is 3. The predicted octanol–water partition coefficient (Wildman–Crippen LogP) is 2.50. The van der Waals surface area contributed by atoms with E-state index in [2.05, 4.69) is 15.3 Å². The molecule has 9 nitrogen and oxygen atoms in total. The lowest BCUT2D eigenvalue weighted by Gasteiger charge is -2.34. The van der Waals surface area contributed by atoms with Crippen LogP contribution in [-0.4, -0.2) is 60.0 Å². The van der Waals surface area contributed by atoms with E-state index in [1.807, 2.05) is 0 Å². The van der Waals surface area contributed by atoms with Gasteiger partial charge in [0.05, 0.1) is 16.0 Å². The van der Waals surface area contributed by atoms with E-state index < -0.39 is 33.0 Å². The molecule has 2 atom stereocenters. The van der Waals surface area contributed by atoms with Gasteiger partial charge in [-0.3, -0.25) is 10.0 Å². The molecule has 1 aliphatic heterocycles. The van der Waals surface area contributed by atoms with Gasteiger partial charge in [0, 0.05) is 44.1 Å². The van der Waals surface area contributed by atoms with E-state index in [9.17, 15) is 18.4 Å². The van der Waals surface area contributed by atoms with E-state index in [1.165, 1.54) is 16.7 Å². The summed E-state index contributed by atoms with van der Waals surface area (Å²) in [6.45, 7) is 4.97. The number of hydrogen-bond donors (Lipinski definition) is 3. The van der Waals surface area contributed by atoms with E-state index >= 15 is 0 Å². The molecule has 32 heavy (non-hydrogen) atoms. The molecule has 0 saturated carbocycles. The summed E-state index contributed by atoms with van der Waals surface area (Å²) in [5.74, 6) is -2.34. The van der Waals surface area contributed by atoms with Crippen LogP contribution >= 0.6 is 23.2 Å². The Morgan fingerprint density at radius 3 is 2.28 bits per heavy atom. The lowest BCUT2D eigenvalue weighted by atomic mass is 9.91. The van der Waals surface area contributed by atoms with Crippen molar-refractivity contribution < 1.29 is 18.4 Å². The third kappa shape index (κ3) is 5.22. The Morgan fingerprint density at radius 1 is 1.12 bits per heavy atom. The Kier molecular flexibility index (Phi) is 8.07. The molecule has 1 saturated heterocycles. The third-order valence-corrected chi connectivity index (χ3v) is 8.36. The predicted molar refractivity (Wildman–Crippen MR) is 122 cm³/mol. The maximum atomic E-state index is 13.6. The monoisotopic (exact) mass is 501 g/mol. The summed E-state index contributed by atoms with van der Waals surface area (Å²) in [4.78, 5) is 21.2. The van der Waals surface area contributed by atoms with Gasteiger partial charge in [0.15, 0.2) is 0 Å². The van der Waals surface area contributed by atoms with Gasteiger partial charge in [-0.2, -0.15) is 4.31 Å². The summed E-state index contributed by atoms with van der Waals surface area (Å²) in [6.07, 6.45) is 2.97. The summed E-state index contributed by atoms with van der Waals surface area (Å²) in [6, 6.07) is 5.05. The van der Waals surface area contributed by atoms with Gasteiger partial charge in [-0.05, 0) is 23.6 Å². The zero-order valence-electron chi connectivity index (χ0n) is 17.6. The molecule has 1 aromatic heterocycles. The second-order valence-electron chi connectivity index (χ2n) is 7.82. The van der Waals surface area contributed by atoms with Gasteiger partial charge >= 0.3 is 0 Å². The highest BCUT2D eigenvalue weighted by Crippen LogP contribution is 2.36. The smallest absolute Gasteiger partial charge is 0.248 e. The normalized spacial score (nSPS) is 17.2. The molecule has 0 bridgehead atoms. The number of amides is 1. The van der Waals surface area contributed by atoms with Gasteiger partial charge in [0.1, 0.15) is 11.1 Å². The van der Waals surface area contributed by atoms with Crippen molar-refractivity contribution in [2.45, 2.75) is 19.1 Å². The van der Waals surface area contributed by atoms with Crippen molar-refractivity contribution in [3.05, 3.63) is 46.5 Å². The Bertz CT molecular complexity index is 1060. The highest BCUT2D eigenvalue weighted by atomic mass is 35.5. The number of benzene rings is 1. The van der Waals surface area contributed by atoms with Crippen LogP contribution in [0.5, 0.6) is 0 Å². The number of nitrogens with one attached hydrogen (secondary N) is 2. The number of hydrogen-bond acceptors (Lipinski definition) is 7. The fraction of sp³-hybridized carbons (Fsp3) is 0.450. The number of aromatic nitrogens is 2. The van der Waals surface area contributed by atoms with Crippen LogP contribution in [0.4, 0.5) is 0 Å². The van der Waals surface area contributed by atoms with Crippen LogP contribution in [0.2, 0.25) is 10.0 Å². The SMILES string of the molecule is CC(C)[C@H](C(=O)NO)C(c1ncc(-c2ccc(Cl)c(Cl)c2)cn1)S(=O)(=O)N1CCNCC1. The molecule has 2 aromatic rings. The first-order chi connectivity index (χ1) is 15.2. The summed E-state index contributed by atoms with van der Waals surface area (Å²) in [7, 11) is -4.01. The van der Waals surface area contributed by atoms with Gasteiger partial charge in [0.2, 0.25) is 15.9 Å². The zero-order valence-corrected chi connectivity index (χ0v) is 20.0. The topological polar surface area (TPSA) is 125 Å². The Morgan fingerprint density at radius 2 is 1.75 bits per heavy atom. The third-order valence-electron chi connectivity index (χ3n) is 5.39. The standard InChI is InChI=1S/C20H25Cl2N5O4S/c1-12(2)17(20(28)26-29)18(32(30,31)27-7-5-23-6-8-27)19-24-10-14(11-25-19)13-3-4-15(21)16(22)9-13/h3-4,9-12,17-18,23,29H,5-8H2,1-2H3,(H,26,28)/t17-,18?/m0/s1. The number of carbonyl (C=O) groups excluding carboxylic acids is 1. The van der Waals surface area contributed by atoms with Gasteiger partial charge < -0.3 is 5.32 Å². The largest absolute Gasteiger partial charge is 0.314 e. The minimum Gasteiger partial charge on any atom is -0.314 e. The highest BCUT2D eigenvalue weighted by molar-refractivity contribution is 7.89. The quantitative estimate of drug-likeness (QED) is 0.393. The van der Waals surface area contributed by atoms with Crippen molar-refractivity contribution in [2.75, 3.05) is 26.2 Å². The molecule has 2 heterocycles. The van der Waals surface area contributed by atoms with Crippen molar-refractivity contribution >= 4 is 39.1 Å². The molecule has 1 fully saturated rings. The molecule has 0 spiro atoms. The number of rotatable bonds is 7. The van der Waals surface area contributed by atoms with Crippen LogP contribution in [0, 0.1) is 11.8 Å². The first-order valence-corrected chi connectivity index (χ1v) is 12.3. The van der Waals surface area contributed by atoms with E-state index in [0.717, 1.165) is 0 Å². The second kappa shape index (κ2) is 10.4. The fourth-order valence-electron chi connectivity index (χ4n) is 3.71. The molecular weight excluding hydrogens is 477 g/mol. The van der Waals surface area contributed by atoms with Crippen LogP contribution in [0.25, 0.3) is 11.1 Å². The Balaban J connectivity index is 2.06. The number of hydroxylamine groups is 1. The van der Waals surface area contributed by atoms with Gasteiger partial charge in [0.25, 0.3) is 0 Å². The van der Waals surface area contributed by atoms with Crippen molar-refractivity contribution in [3.8, 4) is 11.1 Å². The molecule has 1 unspecified atom stereocenters. The van der Waals surface area contributed by atoms with E-state index in [1.54, 1.807) is 37.5 Å². The lowest BCUT2D eigenvalue weighted by molar-refractivity contribution is -0.135. The average Bonchev–Trinajstić information content (AvgIpc) is 2.79. The van der Waals surface area contributed by atoms with Crippen LogP contribution in [0.15, 0.2) is 30.6 Å². The van der Waals surface area contributed by atoms with Gasteiger partial charge in [-0.15, -0.1) is 0 Å². The van der Waals surface area contributed by atoms with E-state index in [4.69, 9.17) is 23.2 Å². The van der Waals surface area contributed by atoms with Crippen LogP contribution < -0.4 is 10.8 Å². The second-order valence-corrected chi connectivity index (χ2v) is 10.7. The first kappa shape index (κ1) is 24.8. The summed E-state index contributed by atoms with van der Waals surface area (Å²) < 4.78 is 28.6. The number of halogens is 2. The maximum absolute atomic E-state index is 13.6. The molecule has 1 aromatic carbocycles. The summed E-state index contributed by atoms with van der Waals surface area (Å²) in [5, 5.41) is 11.8. The minimum atomic E-state index is -4.01. The van der Waals surface area contributed by atoms with Crippen molar-refractivity contribution in [3.63, 3.8) is 0 Å². The molecule has 3 N–H and O–H groups in total. The van der Waals surface area contributed by atoms with Crippen molar-refractivity contribution in [1.29, 1.82) is 0 Å². The number of piperazine rings is 1. The van der Waals surface area contributed by atoms with Gasteiger partial charge in [-0.1, -0.05) is 43.1 Å². The number of sulfonamides is 1. The average molecular weight is 502 g/mol. The molecule has 1 aliphatic rings. The molecule has 1 amide bonds. The molecule has 3 rings (SSSR count). The van der Waals surface area contributed by atoms with Crippen LogP contribution in [0.1, 0.15) is 24.9 Å². The maximum Gasteiger partial charge on any atom is 0.248 e. The number of carbonyl (C=O) groups is 1. The van der Waals surface area contributed by atoms with Crippen LogP contribution in [0.3, 0.4) is 0 Å². The molecule has 0 radical (unpaired) electrons. The van der Waals surface area contributed by atoms with Gasteiger partial charge in [-0.25, -0.2) is 23.9 Å². The minimum absolute atomic E-state index is 0.0188. The fourth-order valence-corrected chi connectivity index (χ4v) is 6.22. The van der Waals surface area contributed by atoms with E-state index in [-0.39, 0.29) is 18.9 Å². The molecule has 0 aliphatic carbocycles. The first-order valence-electron chi connectivity index (χ1n) is 10.1. The summed E-state index contributed by atoms with van der Waals surface area (Å²) in [5.41, 5.74) is 2.92.